The number of aromatic nitrogens is 2. The summed E-state index contributed by atoms with van der Waals surface area (Å²) in [7, 11) is 0. The summed E-state index contributed by atoms with van der Waals surface area (Å²) >= 11 is 2.27. The standard InChI is InChI=1S/C8H5IN2/c9-7-2-1-6-4-10-5-11-8(6)3-7/h1-5H. The Morgan fingerprint density at radius 1 is 1.27 bits per heavy atom. The van der Waals surface area contributed by atoms with Crippen molar-refractivity contribution in [1.29, 1.82) is 0 Å². The number of fused-ring (bicyclic) bond motifs is 1. The zero-order valence-corrected chi connectivity index (χ0v) is 7.82. The quantitative estimate of drug-likeness (QED) is 0.675. The predicted molar refractivity (Wildman–Crippen MR) is 52.3 cm³/mol. The molecule has 0 aliphatic rings. The summed E-state index contributed by atoms with van der Waals surface area (Å²) in [5.41, 5.74) is 1.01. The van der Waals surface area contributed by atoms with E-state index in [1.807, 2.05) is 24.4 Å². The lowest BCUT2D eigenvalue weighted by Gasteiger charge is -1.94. The van der Waals surface area contributed by atoms with Crippen LogP contribution in [-0.4, -0.2) is 9.97 Å². The molecule has 1 heterocycles. The second-order valence-corrected chi connectivity index (χ2v) is 3.47. The molecule has 54 valence electrons. The number of halogens is 1. The Morgan fingerprint density at radius 3 is 3.09 bits per heavy atom. The monoisotopic (exact) mass is 256 g/mol. The first-order valence-corrected chi connectivity index (χ1v) is 4.29. The van der Waals surface area contributed by atoms with E-state index in [0.717, 1.165) is 10.9 Å². The third-order valence-corrected chi connectivity index (χ3v) is 2.14. The molecule has 0 amide bonds. The van der Waals surface area contributed by atoms with E-state index >= 15 is 0 Å². The van der Waals surface area contributed by atoms with E-state index < -0.39 is 0 Å². The summed E-state index contributed by atoms with van der Waals surface area (Å²) in [6.07, 6.45) is 3.39. The number of nitrogens with zero attached hydrogens (tertiary/aromatic N) is 2. The fraction of sp³-hybridized carbons (Fsp3) is 0. The van der Waals surface area contributed by atoms with Gasteiger partial charge in [-0.15, -0.1) is 0 Å². The highest BCUT2D eigenvalue weighted by atomic mass is 127. The van der Waals surface area contributed by atoms with Gasteiger partial charge < -0.3 is 0 Å². The van der Waals surface area contributed by atoms with Crippen molar-refractivity contribution in [3.63, 3.8) is 0 Å². The van der Waals surface area contributed by atoms with Crippen LogP contribution in [0.3, 0.4) is 0 Å². The van der Waals surface area contributed by atoms with Crippen LogP contribution in [0.15, 0.2) is 30.7 Å². The van der Waals surface area contributed by atoms with Crippen LogP contribution in [0.1, 0.15) is 0 Å². The maximum absolute atomic E-state index is 4.13. The Bertz CT molecular complexity index is 387. The normalized spacial score (nSPS) is 10.3. The predicted octanol–water partition coefficient (Wildman–Crippen LogP) is 2.23. The summed E-state index contributed by atoms with van der Waals surface area (Å²) in [5, 5.41) is 1.09. The Labute approximate surface area is 77.8 Å². The zero-order chi connectivity index (χ0) is 7.68. The highest BCUT2D eigenvalue weighted by Gasteiger charge is 1.92. The number of hydrogen-bond donors (Lipinski definition) is 0. The number of hydrogen-bond acceptors (Lipinski definition) is 2. The molecule has 1 aromatic carbocycles. The molecule has 0 atom stereocenters. The lowest BCUT2D eigenvalue weighted by atomic mass is 10.2. The molecule has 3 heteroatoms. The third-order valence-electron chi connectivity index (χ3n) is 1.47. The van der Waals surface area contributed by atoms with Gasteiger partial charge in [-0.2, -0.15) is 0 Å². The summed E-state index contributed by atoms with van der Waals surface area (Å²) in [4.78, 5) is 8.06. The smallest absolute Gasteiger partial charge is 0.116 e. The van der Waals surface area contributed by atoms with Crippen LogP contribution >= 0.6 is 22.6 Å². The largest absolute Gasteiger partial charge is 0.244 e. The number of benzene rings is 1. The second kappa shape index (κ2) is 2.73. The molecule has 2 rings (SSSR count). The van der Waals surface area contributed by atoms with Crippen molar-refractivity contribution in [3.8, 4) is 0 Å². The fourth-order valence-corrected chi connectivity index (χ4v) is 1.42. The minimum Gasteiger partial charge on any atom is -0.244 e. The first kappa shape index (κ1) is 6.97. The van der Waals surface area contributed by atoms with Gasteiger partial charge in [0.2, 0.25) is 0 Å². The molecule has 0 saturated heterocycles. The van der Waals surface area contributed by atoms with E-state index in [1.54, 1.807) is 6.33 Å². The molecule has 2 aromatic rings. The topological polar surface area (TPSA) is 25.8 Å². The second-order valence-electron chi connectivity index (χ2n) is 2.23. The van der Waals surface area contributed by atoms with Gasteiger partial charge in [0, 0.05) is 15.2 Å². The summed E-state index contributed by atoms with van der Waals surface area (Å²) in [5.74, 6) is 0. The zero-order valence-electron chi connectivity index (χ0n) is 5.66. The van der Waals surface area contributed by atoms with E-state index in [2.05, 4.69) is 32.6 Å². The summed E-state index contributed by atoms with van der Waals surface area (Å²) in [6, 6.07) is 6.11. The van der Waals surface area contributed by atoms with Crippen molar-refractivity contribution in [2.75, 3.05) is 0 Å². The van der Waals surface area contributed by atoms with Gasteiger partial charge in [0.1, 0.15) is 6.33 Å². The fourth-order valence-electron chi connectivity index (χ4n) is 0.947. The molecular formula is C8H5IN2. The van der Waals surface area contributed by atoms with Gasteiger partial charge in [0.25, 0.3) is 0 Å². The molecular weight excluding hydrogens is 251 g/mol. The van der Waals surface area contributed by atoms with E-state index in [1.165, 1.54) is 3.57 Å². The molecule has 0 unspecified atom stereocenters. The maximum Gasteiger partial charge on any atom is 0.116 e. The van der Waals surface area contributed by atoms with Crippen LogP contribution in [0.25, 0.3) is 10.9 Å². The van der Waals surface area contributed by atoms with Crippen molar-refractivity contribution in [3.05, 3.63) is 34.3 Å². The highest BCUT2D eigenvalue weighted by Crippen LogP contribution is 2.12. The lowest BCUT2D eigenvalue weighted by molar-refractivity contribution is 1.22. The van der Waals surface area contributed by atoms with Gasteiger partial charge in [-0.1, -0.05) is 6.07 Å². The van der Waals surface area contributed by atoms with Crippen LogP contribution < -0.4 is 0 Å². The maximum atomic E-state index is 4.13. The average Bonchev–Trinajstić information content (AvgIpc) is 2.04. The van der Waals surface area contributed by atoms with Crippen molar-refractivity contribution < 1.29 is 0 Å². The van der Waals surface area contributed by atoms with E-state index in [4.69, 9.17) is 0 Å². The van der Waals surface area contributed by atoms with Gasteiger partial charge >= 0.3 is 0 Å². The Kier molecular flexibility index (Phi) is 1.73. The first-order chi connectivity index (χ1) is 5.36. The third kappa shape index (κ3) is 1.33. The molecule has 2 nitrogen and oxygen atoms in total. The van der Waals surface area contributed by atoms with Gasteiger partial charge in [-0.25, -0.2) is 9.97 Å². The molecule has 11 heavy (non-hydrogen) atoms. The van der Waals surface area contributed by atoms with Crippen molar-refractivity contribution in [2.45, 2.75) is 0 Å². The van der Waals surface area contributed by atoms with Crippen LogP contribution in [0.5, 0.6) is 0 Å². The van der Waals surface area contributed by atoms with Crippen molar-refractivity contribution >= 4 is 33.5 Å². The van der Waals surface area contributed by atoms with Gasteiger partial charge in [0.05, 0.1) is 5.52 Å². The Morgan fingerprint density at radius 2 is 2.18 bits per heavy atom. The molecule has 0 aliphatic carbocycles. The van der Waals surface area contributed by atoms with E-state index in [-0.39, 0.29) is 0 Å². The molecule has 0 saturated carbocycles. The minimum atomic E-state index is 1.01. The molecule has 0 radical (unpaired) electrons. The Balaban J connectivity index is 2.83. The molecule has 0 spiro atoms. The van der Waals surface area contributed by atoms with Crippen LogP contribution in [0.4, 0.5) is 0 Å². The summed E-state index contributed by atoms with van der Waals surface area (Å²) in [6.45, 7) is 0. The van der Waals surface area contributed by atoms with Crippen LogP contribution in [0.2, 0.25) is 0 Å². The lowest BCUT2D eigenvalue weighted by Crippen LogP contribution is -1.80. The average molecular weight is 256 g/mol. The van der Waals surface area contributed by atoms with Crippen molar-refractivity contribution in [2.24, 2.45) is 0 Å². The van der Waals surface area contributed by atoms with Crippen molar-refractivity contribution in [1.82, 2.24) is 9.97 Å². The minimum absolute atomic E-state index is 1.01. The van der Waals surface area contributed by atoms with Gasteiger partial charge in [-0.3, -0.25) is 0 Å². The van der Waals surface area contributed by atoms with Gasteiger partial charge in [-0.05, 0) is 34.7 Å². The SMILES string of the molecule is Ic1ccc2cncnc2c1. The number of rotatable bonds is 0. The molecule has 0 N–H and O–H groups in total. The molecule has 1 aromatic heterocycles. The molecule has 0 bridgehead atoms. The van der Waals surface area contributed by atoms with E-state index in [0.29, 0.717) is 0 Å². The Hall–Kier alpha value is -0.710. The van der Waals surface area contributed by atoms with Gasteiger partial charge in [0.15, 0.2) is 0 Å². The molecule has 0 aliphatic heterocycles. The molecule has 0 fully saturated rings. The van der Waals surface area contributed by atoms with Crippen LogP contribution in [0, 0.1) is 3.57 Å². The highest BCUT2D eigenvalue weighted by molar-refractivity contribution is 14.1. The summed E-state index contributed by atoms with van der Waals surface area (Å²) < 4.78 is 1.20. The van der Waals surface area contributed by atoms with E-state index in [9.17, 15) is 0 Å². The first-order valence-electron chi connectivity index (χ1n) is 3.21. The van der Waals surface area contributed by atoms with Crippen LogP contribution in [-0.2, 0) is 0 Å².